The fourth-order valence-electron chi connectivity index (χ4n) is 2.54. The van der Waals surface area contributed by atoms with Crippen LogP contribution in [0.25, 0.3) is 17.1 Å². The van der Waals surface area contributed by atoms with Gasteiger partial charge in [0.2, 0.25) is 0 Å². The van der Waals surface area contributed by atoms with Crippen LogP contribution in [0.5, 0.6) is 0 Å². The van der Waals surface area contributed by atoms with E-state index < -0.39 is 0 Å². The van der Waals surface area contributed by atoms with Crippen molar-refractivity contribution in [1.29, 1.82) is 5.26 Å². The Balaban J connectivity index is 1.99. The predicted molar refractivity (Wildman–Crippen MR) is 102 cm³/mol. The maximum Gasteiger partial charge on any atom is 0.196 e. The zero-order chi connectivity index (χ0) is 19.4. The van der Waals surface area contributed by atoms with Gasteiger partial charge in [-0.15, -0.1) is 10.2 Å². The first-order valence-electron chi connectivity index (χ1n) is 8.10. The van der Waals surface area contributed by atoms with Crippen LogP contribution in [0, 0.1) is 18.3 Å². The lowest BCUT2D eigenvalue weighted by molar-refractivity contribution is -0.112. The normalized spacial score (nSPS) is 11.7. The highest BCUT2D eigenvalue weighted by atomic mass is 32.2. The van der Waals surface area contributed by atoms with Crippen LogP contribution >= 0.6 is 11.8 Å². The number of aryl methyl sites for hydroxylation is 1. The van der Waals surface area contributed by atoms with E-state index in [1.165, 1.54) is 18.7 Å². The van der Waals surface area contributed by atoms with E-state index in [2.05, 4.69) is 10.2 Å². The number of thioether (sulfide) groups is 1. The molecule has 0 aliphatic rings. The minimum absolute atomic E-state index is 0.0285. The molecule has 7 nitrogen and oxygen atoms in total. The topological polar surface area (TPSA) is 111 Å². The van der Waals surface area contributed by atoms with Gasteiger partial charge in [-0.05, 0) is 32.0 Å². The SMILES string of the molecule is CC(N)=C(C#N)C(=O)CSc1nnc(-c2ccoc2C)n1-c1ccccc1. The van der Waals surface area contributed by atoms with Crippen LogP contribution in [-0.2, 0) is 4.79 Å². The summed E-state index contributed by atoms with van der Waals surface area (Å²) in [7, 11) is 0. The van der Waals surface area contributed by atoms with Gasteiger partial charge in [0.15, 0.2) is 16.8 Å². The fraction of sp³-hybridized carbons (Fsp3) is 0.158. The summed E-state index contributed by atoms with van der Waals surface area (Å²) in [6.07, 6.45) is 1.60. The molecule has 0 unspecified atom stereocenters. The van der Waals surface area contributed by atoms with Crippen molar-refractivity contribution in [3.05, 3.63) is 59.7 Å². The number of nitriles is 1. The Hall–Kier alpha value is -3.31. The van der Waals surface area contributed by atoms with Crippen LogP contribution in [0.1, 0.15) is 12.7 Å². The van der Waals surface area contributed by atoms with Crippen molar-refractivity contribution in [2.75, 3.05) is 5.75 Å². The standard InChI is InChI=1S/C19H17N5O2S/c1-12(21)16(10-20)17(25)11-27-19-23-22-18(15-8-9-26-13(15)2)24(19)14-6-4-3-5-7-14/h3-9H,11,21H2,1-2H3. The Labute approximate surface area is 160 Å². The lowest BCUT2D eigenvalue weighted by atomic mass is 10.2. The van der Waals surface area contributed by atoms with Gasteiger partial charge < -0.3 is 10.2 Å². The number of carbonyl (C=O) groups is 1. The molecule has 0 amide bonds. The Morgan fingerprint density at radius 2 is 2.04 bits per heavy atom. The van der Waals surface area contributed by atoms with E-state index in [-0.39, 0.29) is 22.8 Å². The number of nitrogens with two attached hydrogens (primary N) is 1. The Bertz CT molecular complexity index is 1040. The lowest BCUT2D eigenvalue weighted by Crippen LogP contribution is -2.11. The summed E-state index contributed by atoms with van der Waals surface area (Å²) < 4.78 is 7.25. The third kappa shape index (κ3) is 3.78. The minimum Gasteiger partial charge on any atom is -0.469 e. The molecule has 0 saturated heterocycles. The molecule has 2 N–H and O–H groups in total. The van der Waals surface area contributed by atoms with E-state index in [0.29, 0.717) is 11.0 Å². The molecule has 0 fully saturated rings. The molecule has 136 valence electrons. The van der Waals surface area contributed by atoms with E-state index in [1.807, 2.05) is 54.0 Å². The van der Waals surface area contributed by atoms with Crippen molar-refractivity contribution in [3.8, 4) is 23.1 Å². The first-order valence-corrected chi connectivity index (χ1v) is 9.09. The highest BCUT2D eigenvalue weighted by Gasteiger charge is 2.20. The quantitative estimate of drug-likeness (QED) is 0.397. The monoisotopic (exact) mass is 379 g/mol. The fourth-order valence-corrected chi connectivity index (χ4v) is 3.36. The molecular weight excluding hydrogens is 362 g/mol. The number of hydrogen-bond donors (Lipinski definition) is 1. The number of rotatable bonds is 6. The second kappa shape index (κ2) is 7.93. The van der Waals surface area contributed by atoms with Crippen LogP contribution in [0.4, 0.5) is 0 Å². The Morgan fingerprint density at radius 3 is 2.63 bits per heavy atom. The van der Waals surface area contributed by atoms with Crippen LogP contribution in [-0.4, -0.2) is 26.3 Å². The number of carbonyl (C=O) groups excluding carboxylic acids is 1. The van der Waals surface area contributed by atoms with Crippen molar-refractivity contribution in [2.24, 2.45) is 5.73 Å². The maximum absolute atomic E-state index is 12.3. The number of ketones is 1. The molecule has 1 aromatic carbocycles. The van der Waals surface area contributed by atoms with Gasteiger partial charge in [-0.3, -0.25) is 9.36 Å². The van der Waals surface area contributed by atoms with Gasteiger partial charge in [0.05, 0.1) is 17.6 Å². The summed E-state index contributed by atoms with van der Waals surface area (Å²) in [5, 5.41) is 18.2. The second-order valence-corrected chi connectivity index (χ2v) is 6.69. The summed E-state index contributed by atoms with van der Waals surface area (Å²) in [6, 6.07) is 13.3. The second-order valence-electron chi connectivity index (χ2n) is 5.75. The predicted octanol–water partition coefficient (Wildman–Crippen LogP) is 3.25. The van der Waals surface area contributed by atoms with E-state index in [0.717, 1.165) is 17.0 Å². The minimum atomic E-state index is -0.342. The van der Waals surface area contributed by atoms with Crippen molar-refractivity contribution in [2.45, 2.75) is 19.0 Å². The highest BCUT2D eigenvalue weighted by molar-refractivity contribution is 7.99. The summed E-state index contributed by atoms with van der Waals surface area (Å²) >= 11 is 1.20. The largest absolute Gasteiger partial charge is 0.469 e. The molecule has 8 heteroatoms. The average molecular weight is 379 g/mol. The van der Waals surface area contributed by atoms with E-state index in [1.54, 1.807) is 6.26 Å². The smallest absolute Gasteiger partial charge is 0.196 e. The molecule has 0 radical (unpaired) electrons. The number of aromatic nitrogens is 3. The zero-order valence-corrected chi connectivity index (χ0v) is 15.7. The number of para-hydroxylation sites is 1. The van der Waals surface area contributed by atoms with E-state index in [4.69, 9.17) is 15.4 Å². The number of hydrogen-bond acceptors (Lipinski definition) is 7. The van der Waals surface area contributed by atoms with Crippen molar-refractivity contribution < 1.29 is 9.21 Å². The number of nitrogens with zero attached hydrogens (tertiary/aromatic N) is 4. The molecule has 2 heterocycles. The van der Waals surface area contributed by atoms with Crippen LogP contribution in [0.2, 0.25) is 0 Å². The molecule has 3 aromatic rings. The summed E-state index contributed by atoms with van der Waals surface area (Å²) in [5.41, 5.74) is 7.47. The molecular formula is C19H17N5O2S. The number of furan rings is 1. The van der Waals surface area contributed by atoms with Gasteiger partial charge in [-0.1, -0.05) is 30.0 Å². The maximum atomic E-state index is 12.3. The Kier molecular flexibility index (Phi) is 5.43. The highest BCUT2D eigenvalue weighted by Crippen LogP contribution is 2.30. The molecule has 0 saturated carbocycles. The molecule has 0 aliphatic heterocycles. The third-order valence-corrected chi connectivity index (χ3v) is 4.79. The van der Waals surface area contributed by atoms with Gasteiger partial charge in [0.1, 0.15) is 17.4 Å². The Morgan fingerprint density at radius 1 is 1.30 bits per heavy atom. The van der Waals surface area contributed by atoms with Gasteiger partial charge in [0, 0.05) is 11.4 Å². The van der Waals surface area contributed by atoms with Crippen LogP contribution in [0.3, 0.4) is 0 Å². The zero-order valence-electron chi connectivity index (χ0n) is 14.8. The van der Waals surface area contributed by atoms with Crippen molar-refractivity contribution in [3.63, 3.8) is 0 Å². The molecule has 27 heavy (non-hydrogen) atoms. The molecule has 2 aromatic heterocycles. The number of Topliss-reactive ketones (excluding diaryl/α,β-unsaturated/α-hetero) is 1. The molecule has 0 atom stereocenters. The molecule has 0 bridgehead atoms. The number of benzene rings is 1. The average Bonchev–Trinajstić information content (AvgIpc) is 3.26. The molecule has 0 spiro atoms. The summed E-state index contributed by atoms with van der Waals surface area (Å²) in [6.45, 7) is 3.39. The summed E-state index contributed by atoms with van der Waals surface area (Å²) in [4.78, 5) is 12.3. The van der Waals surface area contributed by atoms with Crippen molar-refractivity contribution in [1.82, 2.24) is 14.8 Å². The van der Waals surface area contributed by atoms with Gasteiger partial charge in [-0.2, -0.15) is 5.26 Å². The van der Waals surface area contributed by atoms with E-state index in [9.17, 15) is 4.79 Å². The third-order valence-electron chi connectivity index (χ3n) is 3.86. The van der Waals surface area contributed by atoms with Crippen LogP contribution < -0.4 is 5.73 Å². The first kappa shape index (κ1) is 18.5. The molecule has 3 rings (SSSR count). The summed E-state index contributed by atoms with van der Waals surface area (Å²) in [5.74, 6) is 1.03. The molecule has 0 aliphatic carbocycles. The van der Waals surface area contributed by atoms with Crippen LogP contribution in [0.15, 0.2) is 63.5 Å². The van der Waals surface area contributed by atoms with Crippen molar-refractivity contribution >= 4 is 17.5 Å². The van der Waals surface area contributed by atoms with Gasteiger partial charge in [-0.25, -0.2) is 0 Å². The lowest BCUT2D eigenvalue weighted by Gasteiger charge is -2.09. The first-order chi connectivity index (χ1) is 13.0. The van der Waals surface area contributed by atoms with Gasteiger partial charge in [0.25, 0.3) is 0 Å². The number of allylic oxidation sites excluding steroid dienone is 2. The van der Waals surface area contributed by atoms with E-state index >= 15 is 0 Å². The van der Waals surface area contributed by atoms with Gasteiger partial charge >= 0.3 is 0 Å².